The molecule has 3 aromatic rings. The van der Waals surface area contributed by atoms with E-state index in [9.17, 15) is 0 Å². The molecule has 3 N–H and O–H groups in total. The smallest absolute Gasteiger partial charge is 0.164 e. The minimum atomic E-state index is -0.0448. The van der Waals surface area contributed by atoms with Crippen LogP contribution in [0.3, 0.4) is 0 Å². The summed E-state index contributed by atoms with van der Waals surface area (Å²) in [5.74, 6) is 0.411. The van der Waals surface area contributed by atoms with Crippen molar-refractivity contribution in [2.75, 3.05) is 12.3 Å². The summed E-state index contributed by atoms with van der Waals surface area (Å²) >= 11 is 0. The van der Waals surface area contributed by atoms with Crippen LogP contribution in [-0.2, 0) is 12.8 Å². The molecule has 0 unspecified atom stereocenters. The van der Waals surface area contributed by atoms with Crippen LogP contribution in [-0.4, -0.2) is 31.5 Å². The molecule has 2 heterocycles. The molecule has 2 aromatic heterocycles. The number of aromatic nitrogens is 4. The molecule has 23 heavy (non-hydrogen) atoms. The Morgan fingerprint density at radius 2 is 1.96 bits per heavy atom. The van der Waals surface area contributed by atoms with Gasteiger partial charge in [0.2, 0.25) is 0 Å². The average Bonchev–Trinajstić information content (AvgIpc) is 3.14. The molecule has 1 aromatic carbocycles. The van der Waals surface area contributed by atoms with E-state index in [1.54, 1.807) is 12.2 Å². The summed E-state index contributed by atoms with van der Waals surface area (Å²) in [5.41, 5.74) is 10.2. The summed E-state index contributed by atoms with van der Waals surface area (Å²) in [7, 11) is 0. The predicted molar refractivity (Wildman–Crippen MR) is 88.7 cm³/mol. The van der Waals surface area contributed by atoms with Gasteiger partial charge in [0, 0.05) is 0 Å². The third-order valence-corrected chi connectivity index (χ3v) is 4.30. The highest BCUT2D eigenvalue weighted by atomic mass is 16.2. The van der Waals surface area contributed by atoms with Crippen molar-refractivity contribution in [3.05, 3.63) is 53.5 Å². The number of rotatable bonds is 3. The van der Waals surface area contributed by atoms with Crippen LogP contribution in [0.5, 0.6) is 0 Å². The topological polar surface area (TPSA) is 89.8 Å². The van der Waals surface area contributed by atoms with Gasteiger partial charge >= 0.3 is 0 Å². The van der Waals surface area contributed by atoms with E-state index in [2.05, 4.69) is 39.3 Å². The lowest BCUT2D eigenvalue weighted by atomic mass is 10.1. The van der Waals surface area contributed by atoms with Crippen molar-refractivity contribution in [1.82, 2.24) is 19.7 Å². The predicted octanol–water partition coefficient (Wildman–Crippen LogP) is 1.75. The standard InChI is InChI=1S/C17H17N5O/c18-16-15-14(6-3-7-23)21-22(17(15)20-10-19-16)13-8-11-4-1-2-5-12(11)9-13/h1-6,10,13,23H,7-9H2,(H2,18,19,20). The summed E-state index contributed by atoms with van der Waals surface area (Å²) in [6.07, 6.45) is 6.74. The fourth-order valence-electron chi connectivity index (χ4n) is 3.27. The molecule has 0 amide bonds. The van der Waals surface area contributed by atoms with Gasteiger partial charge in [-0.2, -0.15) is 5.10 Å². The first-order valence-corrected chi connectivity index (χ1v) is 7.61. The van der Waals surface area contributed by atoms with E-state index in [0.717, 1.165) is 23.9 Å². The highest BCUT2D eigenvalue weighted by Crippen LogP contribution is 2.33. The zero-order valence-corrected chi connectivity index (χ0v) is 12.6. The van der Waals surface area contributed by atoms with E-state index in [4.69, 9.17) is 10.8 Å². The van der Waals surface area contributed by atoms with E-state index < -0.39 is 0 Å². The minimum Gasteiger partial charge on any atom is -0.392 e. The van der Waals surface area contributed by atoms with Gasteiger partial charge in [-0.15, -0.1) is 0 Å². The van der Waals surface area contributed by atoms with Crippen molar-refractivity contribution < 1.29 is 5.11 Å². The lowest BCUT2D eigenvalue weighted by Gasteiger charge is -2.10. The van der Waals surface area contributed by atoms with Crippen LogP contribution in [0, 0.1) is 0 Å². The summed E-state index contributed by atoms with van der Waals surface area (Å²) in [5, 5.41) is 14.5. The molecule has 1 aliphatic rings. The largest absolute Gasteiger partial charge is 0.392 e. The van der Waals surface area contributed by atoms with Gasteiger partial charge in [0.1, 0.15) is 12.1 Å². The molecule has 4 rings (SSSR count). The zero-order chi connectivity index (χ0) is 15.8. The van der Waals surface area contributed by atoms with Crippen molar-refractivity contribution >= 4 is 22.9 Å². The van der Waals surface area contributed by atoms with Gasteiger partial charge < -0.3 is 10.8 Å². The van der Waals surface area contributed by atoms with Gasteiger partial charge in [0.05, 0.1) is 23.7 Å². The molecule has 0 saturated carbocycles. The van der Waals surface area contributed by atoms with Crippen molar-refractivity contribution in [3.8, 4) is 0 Å². The maximum Gasteiger partial charge on any atom is 0.164 e. The van der Waals surface area contributed by atoms with E-state index in [-0.39, 0.29) is 12.6 Å². The number of anilines is 1. The van der Waals surface area contributed by atoms with Gasteiger partial charge in [0.15, 0.2) is 5.65 Å². The highest BCUT2D eigenvalue weighted by molar-refractivity contribution is 5.92. The number of hydrogen-bond donors (Lipinski definition) is 2. The van der Waals surface area contributed by atoms with E-state index in [0.29, 0.717) is 11.5 Å². The molecule has 0 radical (unpaired) electrons. The quantitative estimate of drug-likeness (QED) is 0.769. The fourth-order valence-corrected chi connectivity index (χ4v) is 3.27. The van der Waals surface area contributed by atoms with Gasteiger partial charge in [-0.3, -0.25) is 0 Å². The number of nitrogens with two attached hydrogens (primary N) is 1. The Kier molecular flexibility index (Phi) is 3.31. The van der Waals surface area contributed by atoms with Crippen LogP contribution in [0.1, 0.15) is 22.9 Å². The minimum absolute atomic E-state index is 0.0448. The molecule has 0 aliphatic heterocycles. The fraction of sp³-hybridized carbons (Fsp3) is 0.235. The summed E-state index contributed by atoms with van der Waals surface area (Å²) < 4.78 is 1.95. The van der Waals surface area contributed by atoms with Crippen LogP contribution in [0.25, 0.3) is 17.1 Å². The maximum atomic E-state index is 9.02. The van der Waals surface area contributed by atoms with Crippen LogP contribution in [0.2, 0.25) is 0 Å². The summed E-state index contributed by atoms with van der Waals surface area (Å²) in [6, 6.07) is 8.68. The summed E-state index contributed by atoms with van der Waals surface area (Å²) in [4.78, 5) is 8.46. The van der Waals surface area contributed by atoms with Crippen LogP contribution < -0.4 is 5.73 Å². The molecule has 116 valence electrons. The lowest BCUT2D eigenvalue weighted by molar-refractivity contribution is 0.343. The Bertz CT molecular complexity index is 874. The molecule has 0 atom stereocenters. The van der Waals surface area contributed by atoms with Gasteiger partial charge in [-0.25, -0.2) is 14.6 Å². The van der Waals surface area contributed by atoms with Gasteiger partial charge in [-0.1, -0.05) is 30.3 Å². The van der Waals surface area contributed by atoms with Crippen LogP contribution in [0.4, 0.5) is 5.82 Å². The molecule has 0 saturated heterocycles. The van der Waals surface area contributed by atoms with Crippen molar-refractivity contribution in [2.24, 2.45) is 0 Å². The van der Waals surface area contributed by atoms with E-state index >= 15 is 0 Å². The first-order chi connectivity index (χ1) is 11.3. The molecule has 6 nitrogen and oxygen atoms in total. The summed E-state index contributed by atoms with van der Waals surface area (Å²) in [6.45, 7) is -0.0448. The number of nitrogens with zero attached hydrogens (tertiary/aromatic N) is 4. The second-order valence-electron chi connectivity index (χ2n) is 5.70. The highest BCUT2D eigenvalue weighted by Gasteiger charge is 2.26. The number of hydrogen-bond acceptors (Lipinski definition) is 5. The number of aliphatic hydroxyl groups is 1. The Labute approximate surface area is 133 Å². The first kappa shape index (κ1) is 13.9. The Balaban J connectivity index is 1.82. The molecule has 0 fully saturated rings. The lowest BCUT2D eigenvalue weighted by Crippen LogP contribution is -2.11. The second-order valence-corrected chi connectivity index (χ2v) is 5.70. The number of benzene rings is 1. The average molecular weight is 307 g/mol. The van der Waals surface area contributed by atoms with Crippen molar-refractivity contribution in [2.45, 2.75) is 18.9 Å². The molecular formula is C17H17N5O. The first-order valence-electron chi connectivity index (χ1n) is 7.61. The second kappa shape index (κ2) is 5.48. The third-order valence-electron chi connectivity index (χ3n) is 4.30. The monoisotopic (exact) mass is 307 g/mol. The molecular weight excluding hydrogens is 290 g/mol. The Morgan fingerprint density at radius 3 is 2.65 bits per heavy atom. The van der Waals surface area contributed by atoms with Crippen LogP contribution >= 0.6 is 0 Å². The Morgan fingerprint density at radius 1 is 1.22 bits per heavy atom. The molecule has 0 spiro atoms. The third kappa shape index (κ3) is 2.27. The SMILES string of the molecule is Nc1ncnc2c1c(C=CCO)nn2C1Cc2ccccc2C1. The molecule has 6 heteroatoms. The molecule has 1 aliphatic carbocycles. The van der Waals surface area contributed by atoms with Gasteiger partial charge in [-0.05, 0) is 30.0 Å². The van der Waals surface area contributed by atoms with E-state index in [1.807, 2.05) is 4.68 Å². The van der Waals surface area contributed by atoms with Crippen molar-refractivity contribution in [3.63, 3.8) is 0 Å². The van der Waals surface area contributed by atoms with Gasteiger partial charge in [0.25, 0.3) is 0 Å². The van der Waals surface area contributed by atoms with Crippen LogP contribution in [0.15, 0.2) is 36.7 Å². The molecule has 0 bridgehead atoms. The number of aliphatic hydroxyl groups excluding tert-OH is 1. The van der Waals surface area contributed by atoms with Crippen molar-refractivity contribution in [1.29, 1.82) is 0 Å². The number of fused-ring (bicyclic) bond motifs is 2. The Hall–Kier alpha value is -2.73. The number of nitrogen functional groups attached to an aromatic ring is 1. The maximum absolute atomic E-state index is 9.02. The van der Waals surface area contributed by atoms with E-state index in [1.165, 1.54) is 17.5 Å². The zero-order valence-electron chi connectivity index (χ0n) is 12.6. The normalized spacial score (nSPS) is 14.8.